The Hall–Kier alpha value is -3.48. The van der Waals surface area contributed by atoms with E-state index in [-0.39, 0.29) is 23.6 Å². The van der Waals surface area contributed by atoms with Gasteiger partial charge in [0.2, 0.25) is 11.9 Å². The molecule has 32 heavy (non-hydrogen) atoms. The number of methoxy groups -OCH3 is 1. The number of nitrogen functional groups attached to an aromatic ring is 1. The number of piperidine rings is 1. The number of hydrogen-bond acceptors (Lipinski definition) is 5. The van der Waals surface area contributed by atoms with E-state index in [1.54, 1.807) is 25.4 Å². The molecule has 2 N–H and O–H groups in total. The minimum atomic E-state index is -0.268. The smallest absolute Gasteiger partial charge is 0.222 e. The topological polar surface area (TPSA) is 81.3 Å². The SMILES string of the molecule is COc1ccc(-c2cnc(N)nc2[C@H]2CCCN(C(=O)CCc3ccc(F)cc3)C2)cc1. The third-order valence-electron chi connectivity index (χ3n) is 5.94. The number of carbonyl (C=O) groups excluding carboxylic acids is 1. The zero-order valence-corrected chi connectivity index (χ0v) is 18.1. The minimum Gasteiger partial charge on any atom is -0.497 e. The van der Waals surface area contributed by atoms with Crippen LogP contribution < -0.4 is 10.5 Å². The lowest BCUT2D eigenvalue weighted by atomic mass is 9.89. The fourth-order valence-electron chi connectivity index (χ4n) is 4.20. The highest BCUT2D eigenvalue weighted by atomic mass is 19.1. The number of nitrogens with zero attached hydrogens (tertiary/aromatic N) is 3. The molecule has 1 aliphatic rings. The molecule has 0 radical (unpaired) electrons. The van der Waals surface area contributed by atoms with Gasteiger partial charge in [0, 0.05) is 37.2 Å². The summed E-state index contributed by atoms with van der Waals surface area (Å²) < 4.78 is 18.4. The second kappa shape index (κ2) is 9.77. The molecule has 1 amide bonds. The summed E-state index contributed by atoms with van der Waals surface area (Å²) in [6, 6.07) is 14.1. The summed E-state index contributed by atoms with van der Waals surface area (Å²) in [6.07, 6.45) is 4.59. The van der Waals surface area contributed by atoms with Crippen molar-refractivity contribution >= 4 is 11.9 Å². The normalized spacial score (nSPS) is 16.1. The molecule has 0 unspecified atom stereocenters. The van der Waals surface area contributed by atoms with Crippen molar-refractivity contribution in [2.24, 2.45) is 0 Å². The van der Waals surface area contributed by atoms with E-state index in [0.29, 0.717) is 19.4 Å². The highest BCUT2D eigenvalue weighted by Gasteiger charge is 2.28. The van der Waals surface area contributed by atoms with E-state index in [2.05, 4.69) is 9.97 Å². The zero-order chi connectivity index (χ0) is 22.5. The van der Waals surface area contributed by atoms with Gasteiger partial charge in [0.25, 0.3) is 0 Å². The maximum absolute atomic E-state index is 13.1. The van der Waals surface area contributed by atoms with Crippen molar-refractivity contribution in [1.29, 1.82) is 0 Å². The number of nitrogens with two attached hydrogens (primary N) is 1. The first-order chi connectivity index (χ1) is 15.5. The average Bonchev–Trinajstić information content (AvgIpc) is 2.83. The molecule has 3 aromatic rings. The molecule has 0 aliphatic carbocycles. The van der Waals surface area contributed by atoms with Gasteiger partial charge in [-0.05, 0) is 54.7 Å². The second-order valence-electron chi connectivity index (χ2n) is 8.06. The van der Waals surface area contributed by atoms with Gasteiger partial charge in [0.1, 0.15) is 11.6 Å². The van der Waals surface area contributed by atoms with Gasteiger partial charge >= 0.3 is 0 Å². The molecular formula is C25H27FN4O2. The molecule has 1 atom stereocenters. The number of anilines is 1. The van der Waals surface area contributed by atoms with Crippen LogP contribution in [0.4, 0.5) is 10.3 Å². The van der Waals surface area contributed by atoms with Crippen molar-refractivity contribution < 1.29 is 13.9 Å². The van der Waals surface area contributed by atoms with E-state index in [9.17, 15) is 9.18 Å². The Balaban J connectivity index is 1.49. The molecule has 1 saturated heterocycles. The van der Waals surface area contributed by atoms with Gasteiger partial charge in [-0.2, -0.15) is 0 Å². The summed E-state index contributed by atoms with van der Waals surface area (Å²) in [6.45, 7) is 1.33. The van der Waals surface area contributed by atoms with Gasteiger partial charge in [0.05, 0.1) is 12.8 Å². The van der Waals surface area contributed by atoms with Gasteiger partial charge in [-0.25, -0.2) is 14.4 Å². The van der Waals surface area contributed by atoms with Crippen LogP contribution in [0.1, 0.15) is 36.4 Å². The Morgan fingerprint density at radius 1 is 1.19 bits per heavy atom. The van der Waals surface area contributed by atoms with E-state index in [1.165, 1.54) is 12.1 Å². The number of amides is 1. The van der Waals surface area contributed by atoms with Crippen LogP contribution in [0.2, 0.25) is 0 Å². The van der Waals surface area contributed by atoms with E-state index in [0.717, 1.165) is 47.5 Å². The predicted octanol–water partition coefficient (Wildman–Crippen LogP) is 4.21. The lowest BCUT2D eigenvalue weighted by Gasteiger charge is -2.33. The van der Waals surface area contributed by atoms with Crippen LogP contribution in [0.25, 0.3) is 11.1 Å². The number of ether oxygens (including phenoxy) is 1. The van der Waals surface area contributed by atoms with Crippen LogP contribution in [-0.4, -0.2) is 41.0 Å². The van der Waals surface area contributed by atoms with Crippen LogP contribution in [0.5, 0.6) is 5.75 Å². The number of aromatic nitrogens is 2. The summed E-state index contributed by atoms with van der Waals surface area (Å²) in [7, 11) is 1.64. The summed E-state index contributed by atoms with van der Waals surface area (Å²) in [5.74, 6) is 0.933. The highest BCUT2D eigenvalue weighted by molar-refractivity contribution is 5.77. The van der Waals surface area contributed by atoms with Gasteiger partial charge < -0.3 is 15.4 Å². The number of benzene rings is 2. The number of likely N-dealkylation sites (tertiary alicyclic amines) is 1. The molecule has 7 heteroatoms. The number of halogens is 1. The van der Waals surface area contributed by atoms with Gasteiger partial charge in [-0.1, -0.05) is 24.3 Å². The summed E-state index contributed by atoms with van der Waals surface area (Å²) >= 11 is 0. The van der Waals surface area contributed by atoms with Crippen LogP contribution in [0.3, 0.4) is 0 Å². The first-order valence-corrected chi connectivity index (χ1v) is 10.8. The monoisotopic (exact) mass is 434 g/mol. The first kappa shape index (κ1) is 21.7. The van der Waals surface area contributed by atoms with Crippen molar-refractivity contribution in [2.75, 3.05) is 25.9 Å². The molecule has 2 heterocycles. The molecule has 6 nitrogen and oxygen atoms in total. The van der Waals surface area contributed by atoms with Crippen LogP contribution >= 0.6 is 0 Å². The zero-order valence-electron chi connectivity index (χ0n) is 18.1. The maximum atomic E-state index is 13.1. The molecule has 2 aromatic carbocycles. The second-order valence-corrected chi connectivity index (χ2v) is 8.06. The number of hydrogen-bond donors (Lipinski definition) is 1. The fraction of sp³-hybridized carbons (Fsp3) is 0.320. The lowest BCUT2D eigenvalue weighted by Crippen LogP contribution is -2.39. The van der Waals surface area contributed by atoms with Crippen molar-refractivity contribution in [1.82, 2.24) is 14.9 Å². The van der Waals surface area contributed by atoms with Crippen molar-refractivity contribution in [3.63, 3.8) is 0 Å². The van der Waals surface area contributed by atoms with Crippen LogP contribution in [0, 0.1) is 5.82 Å². The van der Waals surface area contributed by atoms with E-state index >= 15 is 0 Å². The summed E-state index contributed by atoms with van der Waals surface area (Å²) in [4.78, 5) is 23.6. The van der Waals surface area contributed by atoms with Crippen molar-refractivity contribution in [2.45, 2.75) is 31.6 Å². The number of carbonyl (C=O) groups is 1. The summed E-state index contributed by atoms with van der Waals surface area (Å²) in [5, 5.41) is 0. The van der Waals surface area contributed by atoms with Gasteiger partial charge in [-0.3, -0.25) is 4.79 Å². The minimum absolute atomic E-state index is 0.0842. The van der Waals surface area contributed by atoms with Crippen molar-refractivity contribution in [3.05, 3.63) is 71.8 Å². The molecule has 1 aliphatic heterocycles. The Labute approximate surface area is 187 Å². The quantitative estimate of drug-likeness (QED) is 0.628. The predicted molar refractivity (Wildman–Crippen MR) is 122 cm³/mol. The molecule has 1 fully saturated rings. The average molecular weight is 435 g/mol. The molecule has 0 bridgehead atoms. The Kier molecular flexibility index (Phi) is 6.63. The third-order valence-corrected chi connectivity index (χ3v) is 5.94. The Bertz CT molecular complexity index is 1070. The Morgan fingerprint density at radius 2 is 1.94 bits per heavy atom. The molecule has 4 rings (SSSR count). The van der Waals surface area contributed by atoms with Crippen LogP contribution in [-0.2, 0) is 11.2 Å². The van der Waals surface area contributed by atoms with E-state index in [1.807, 2.05) is 29.2 Å². The third kappa shape index (κ3) is 5.04. The maximum Gasteiger partial charge on any atom is 0.222 e. The molecule has 0 spiro atoms. The largest absolute Gasteiger partial charge is 0.497 e. The summed E-state index contributed by atoms with van der Waals surface area (Å²) in [5.41, 5.74) is 9.67. The van der Waals surface area contributed by atoms with Crippen molar-refractivity contribution in [3.8, 4) is 16.9 Å². The molecule has 166 valence electrons. The highest BCUT2D eigenvalue weighted by Crippen LogP contribution is 2.34. The number of aryl methyl sites for hydroxylation is 1. The van der Waals surface area contributed by atoms with Gasteiger partial charge in [-0.15, -0.1) is 0 Å². The van der Waals surface area contributed by atoms with Crippen LogP contribution in [0.15, 0.2) is 54.7 Å². The number of rotatable bonds is 6. The van der Waals surface area contributed by atoms with Gasteiger partial charge in [0.15, 0.2) is 0 Å². The van der Waals surface area contributed by atoms with E-state index < -0.39 is 0 Å². The molecule has 1 aromatic heterocycles. The fourth-order valence-corrected chi connectivity index (χ4v) is 4.20. The molecular weight excluding hydrogens is 407 g/mol. The standard InChI is InChI=1S/C25H27FN4O2/c1-32-21-11-7-18(8-12-21)22-15-28-25(27)29-24(22)19-3-2-14-30(16-19)23(31)13-6-17-4-9-20(26)10-5-17/h4-5,7-12,15,19H,2-3,6,13-14,16H2,1H3,(H2,27,28,29)/t19-/m0/s1. The van der Waals surface area contributed by atoms with E-state index in [4.69, 9.17) is 10.5 Å². The Morgan fingerprint density at radius 3 is 2.66 bits per heavy atom. The first-order valence-electron chi connectivity index (χ1n) is 10.8. The molecule has 0 saturated carbocycles. The lowest BCUT2D eigenvalue weighted by molar-refractivity contribution is -0.132.